The summed E-state index contributed by atoms with van der Waals surface area (Å²) in [7, 11) is 0. The largest absolute Gasteiger partial charge is 0.250 e. The van der Waals surface area contributed by atoms with E-state index < -0.39 is 6.67 Å². The molecule has 0 fully saturated rings. The maximum absolute atomic E-state index is 12.3. The fourth-order valence-electron chi connectivity index (χ4n) is 1.07. The summed E-state index contributed by atoms with van der Waals surface area (Å²) in [6.07, 6.45) is 5.23. The highest BCUT2D eigenvalue weighted by Gasteiger charge is 2.06. The van der Waals surface area contributed by atoms with Crippen molar-refractivity contribution in [3.8, 4) is 12.3 Å². The highest BCUT2D eigenvalue weighted by Crippen LogP contribution is 2.21. The van der Waals surface area contributed by atoms with Gasteiger partial charge in [-0.15, -0.1) is 6.42 Å². The molecule has 0 aliphatic carbocycles. The molecule has 0 spiro atoms. The van der Waals surface area contributed by atoms with Gasteiger partial charge >= 0.3 is 0 Å². The van der Waals surface area contributed by atoms with Crippen molar-refractivity contribution in [2.24, 2.45) is 0 Å². The first-order chi connectivity index (χ1) is 6.17. The number of halogens is 2. The van der Waals surface area contributed by atoms with E-state index in [1.165, 1.54) is 0 Å². The van der Waals surface area contributed by atoms with Crippen LogP contribution in [0.3, 0.4) is 0 Å². The minimum absolute atomic E-state index is 0.147. The van der Waals surface area contributed by atoms with E-state index in [0.717, 1.165) is 5.56 Å². The average Bonchev–Trinajstić information content (AvgIpc) is 2.15. The van der Waals surface area contributed by atoms with Gasteiger partial charge in [-0.05, 0) is 23.8 Å². The molecule has 0 aliphatic heterocycles. The molecule has 68 valence electrons. The van der Waals surface area contributed by atoms with Gasteiger partial charge in [-0.1, -0.05) is 24.4 Å². The Morgan fingerprint density at radius 1 is 1.54 bits per heavy atom. The molecule has 1 unspecified atom stereocenters. The average molecular weight is 197 g/mol. The molecule has 0 saturated heterocycles. The highest BCUT2D eigenvalue weighted by molar-refractivity contribution is 6.30. The zero-order chi connectivity index (χ0) is 9.84. The number of benzene rings is 1. The van der Waals surface area contributed by atoms with Crippen LogP contribution in [0.4, 0.5) is 4.39 Å². The molecule has 0 N–H and O–H groups in total. The van der Waals surface area contributed by atoms with Gasteiger partial charge in [0.2, 0.25) is 0 Å². The van der Waals surface area contributed by atoms with Crippen molar-refractivity contribution in [1.29, 1.82) is 0 Å². The van der Waals surface area contributed by atoms with Crippen LogP contribution in [0.25, 0.3) is 0 Å². The first-order valence-electron chi connectivity index (χ1n) is 4.00. The summed E-state index contributed by atoms with van der Waals surface area (Å²) in [5, 5.41) is 0.561. The molecule has 1 aromatic rings. The summed E-state index contributed by atoms with van der Waals surface area (Å²) < 4.78 is 12.3. The van der Waals surface area contributed by atoms with Crippen molar-refractivity contribution in [3.05, 3.63) is 34.3 Å². The molecule has 1 rings (SSSR count). The summed E-state index contributed by atoms with van der Waals surface area (Å²) in [6, 6.07) is 5.22. The highest BCUT2D eigenvalue weighted by atomic mass is 35.5. The van der Waals surface area contributed by atoms with Crippen molar-refractivity contribution in [1.82, 2.24) is 0 Å². The van der Waals surface area contributed by atoms with Crippen molar-refractivity contribution in [2.75, 3.05) is 6.67 Å². The fraction of sp³-hybridized carbons (Fsp3) is 0.273. The number of hydrogen-bond donors (Lipinski definition) is 0. The summed E-state index contributed by atoms with van der Waals surface area (Å²) in [5.74, 6) is 2.33. The minimum atomic E-state index is -0.398. The van der Waals surface area contributed by atoms with Crippen LogP contribution in [0.1, 0.15) is 24.0 Å². The molecule has 2 heteroatoms. The Morgan fingerprint density at radius 3 is 2.77 bits per heavy atom. The summed E-state index contributed by atoms with van der Waals surface area (Å²) in [5.41, 5.74) is 1.55. The number of terminal acetylenes is 1. The standard InChI is InChI=1S/C11H10ClF/c1-3-9-4-10(8(2)7-13)6-11(12)5-9/h1,4-6,8H,7H2,2H3. The zero-order valence-electron chi connectivity index (χ0n) is 7.35. The van der Waals surface area contributed by atoms with E-state index in [1.807, 2.05) is 0 Å². The van der Waals surface area contributed by atoms with E-state index in [-0.39, 0.29) is 5.92 Å². The molecule has 0 amide bonds. The topological polar surface area (TPSA) is 0 Å². The van der Waals surface area contributed by atoms with Gasteiger partial charge in [-0.2, -0.15) is 0 Å². The van der Waals surface area contributed by atoms with Gasteiger partial charge in [-0.25, -0.2) is 0 Å². The molecule has 0 nitrogen and oxygen atoms in total. The molecule has 0 radical (unpaired) electrons. The fourth-order valence-corrected chi connectivity index (χ4v) is 1.31. The van der Waals surface area contributed by atoms with Gasteiger partial charge < -0.3 is 0 Å². The quantitative estimate of drug-likeness (QED) is 0.636. The lowest BCUT2D eigenvalue weighted by molar-refractivity contribution is 0.447. The maximum Gasteiger partial charge on any atom is 0.0960 e. The smallest absolute Gasteiger partial charge is 0.0960 e. The Hall–Kier alpha value is -1.00. The second-order valence-corrected chi connectivity index (χ2v) is 3.41. The third kappa shape index (κ3) is 2.47. The summed E-state index contributed by atoms with van der Waals surface area (Å²) in [4.78, 5) is 0. The SMILES string of the molecule is C#Cc1cc(Cl)cc(C(C)CF)c1. The molecule has 0 bridgehead atoms. The predicted molar refractivity (Wildman–Crippen MR) is 53.8 cm³/mol. The number of alkyl halides is 1. The minimum Gasteiger partial charge on any atom is -0.250 e. The van der Waals surface area contributed by atoms with E-state index in [4.69, 9.17) is 18.0 Å². The molecule has 0 aromatic heterocycles. The van der Waals surface area contributed by atoms with Crippen LogP contribution in [-0.4, -0.2) is 6.67 Å². The molecule has 0 saturated carbocycles. The number of rotatable bonds is 2. The van der Waals surface area contributed by atoms with Gasteiger partial charge in [0.05, 0.1) is 6.67 Å². The summed E-state index contributed by atoms with van der Waals surface area (Å²) in [6.45, 7) is 1.40. The van der Waals surface area contributed by atoms with E-state index in [2.05, 4.69) is 5.92 Å². The lowest BCUT2D eigenvalue weighted by atomic mass is 10.0. The Kier molecular flexibility index (Phi) is 3.33. The van der Waals surface area contributed by atoms with Crippen molar-refractivity contribution < 1.29 is 4.39 Å². The van der Waals surface area contributed by atoms with E-state index in [9.17, 15) is 4.39 Å². The maximum atomic E-state index is 12.3. The van der Waals surface area contributed by atoms with Crippen LogP contribution >= 0.6 is 11.6 Å². The molecular weight excluding hydrogens is 187 g/mol. The van der Waals surface area contributed by atoms with Crippen LogP contribution < -0.4 is 0 Å². The van der Waals surface area contributed by atoms with Gasteiger partial charge in [0.15, 0.2) is 0 Å². The van der Waals surface area contributed by atoms with Gasteiger partial charge in [0.25, 0.3) is 0 Å². The van der Waals surface area contributed by atoms with Crippen LogP contribution in [0, 0.1) is 12.3 Å². The molecule has 0 aliphatic rings. The molecule has 1 aromatic carbocycles. The van der Waals surface area contributed by atoms with Crippen LogP contribution in [0.15, 0.2) is 18.2 Å². The van der Waals surface area contributed by atoms with Crippen molar-refractivity contribution in [3.63, 3.8) is 0 Å². The molecule has 1 atom stereocenters. The zero-order valence-corrected chi connectivity index (χ0v) is 8.11. The third-order valence-electron chi connectivity index (χ3n) is 1.89. The van der Waals surface area contributed by atoms with E-state index in [1.54, 1.807) is 25.1 Å². The first kappa shape index (κ1) is 10.1. The van der Waals surface area contributed by atoms with Gasteiger partial charge in [0, 0.05) is 16.5 Å². The second-order valence-electron chi connectivity index (χ2n) is 2.97. The first-order valence-corrected chi connectivity index (χ1v) is 4.38. The van der Waals surface area contributed by atoms with E-state index >= 15 is 0 Å². The van der Waals surface area contributed by atoms with Gasteiger partial charge in [0.1, 0.15) is 0 Å². The van der Waals surface area contributed by atoms with Gasteiger partial charge in [-0.3, -0.25) is 4.39 Å². The Labute approximate surface area is 82.7 Å². The van der Waals surface area contributed by atoms with E-state index in [0.29, 0.717) is 10.6 Å². The lowest BCUT2D eigenvalue weighted by Crippen LogP contribution is -1.95. The molecule has 0 heterocycles. The van der Waals surface area contributed by atoms with Crippen LogP contribution in [0.2, 0.25) is 5.02 Å². The summed E-state index contributed by atoms with van der Waals surface area (Å²) >= 11 is 5.81. The molecular formula is C11H10ClF. The van der Waals surface area contributed by atoms with Crippen LogP contribution in [0.5, 0.6) is 0 Å². The molecule has 13 heavy (non-hydrogen) atoms. The Bertz CT molecular complexity index is 338. The van der Waals surface area contributed by atoms with Crippen LogP contribution in [-0.2, 0) is 0 Å². The Balaban J connectivity index is 3.10. The Morgan fingerprint density at radius 2 is 2.23 bits per heavy atom. The predicted octanol–water partition coefficient (Wildman–Crippen LogP) is 3.39. The number of hydrogen-bond acceptors (Lipinski definition) is 0. The van der Waals surface area contributed by atoms with Crippen molar-refractivity contribution >= 4 is 11.6 Å². The normalized spacial score (nSPS) is 12.2. The lowest BCUT2D eigenvalue weighted by Gasteiger charge is -2.07. The third-order valence-corrected chi connectivity index (χ3v) is 2.11. The monoisotopic (exact) mass is 196 g/mol. The van der Waals surface area contributed by atoms with Crippen molar-refractivity contribution in [2.45, 2.75) is 12.8 Å². The second kappa shape index (κ2) is 4.30.